The second-order valence-electron chi connectivity index (χ2n) is 5.87. The Bertz CT molecular complexity index is 506. The van der Waals surface area contributed by atoms with Gasteiger partial charge in [0, 0.05) is 42.1 Å². The highest BCUT2D eigenvalue weighted by atomic mass is 35.5. The Morgan fingerprint density at radius 3 is 3.14 bits per heavy atom. The molecule has 1 aromatic rings. The van der Waals surface area contributed by atoms with Crippen molar-refractivity contribution >= 4 is 30.1 Å². The molecular formula is C15H25ClN4OS. The number of halogens is 1. The van der Waals surface area contributed by atoms with Crippen molar-refractivity contribution in [3.8, 4) is 0 Å². The number of rotatable bonds is 4. The third kappa shape index (κ3) is 3.97. The van der Waals surface area contributed by atoms with Crippen LogP contribution in [-0.2, 0) is 13.0 Å². The van der Waals surface area contributed by atoms with E-state index >= 15 is 0 Å². The van der Waals surface area contributed by atoms with Gasteiger partial charge in [0.25, 0.3) is 5.91 Å². The Labute approximate surface area is 142 Å². The summed E-state index contributed by atoms with van der Waals surface area (Å²) < 4.78 is 0. The monoisotopic (exact) mass is 344 g/mol. The van der Waals surface area contributed by atoms with Gasteiger partial charge in [-0.15, -0.1) is 12.4 Å². The summed E-state index contributed by atoms with van der Waals surface area (Å²) in [5.74, 6) is 1.15. The summed E-state index contributed by atoms with van der Waals surface area (Å²) in [5, 5.41) is 14.5. The zero-order valence-corrected chi connectivity index (χ0v) is 14.6. The summed E-state index contributed by atoms with van der Waals surface area (Å²) in [6.45, 7) is 3.90. The van der Waals surface area contributed by atoms with Crippen LogP contribution in [0.5, 0.6) is 0 Å². The predicted molar refractivity (Wildman–Crippen MR) is 92.9 cm³/mol. The van der Waals surface area contributed by atoms with Crippen molar-refractivity contribution in [1.29, 1.82) is 0 Å². The van der Waals surface area contributed by atoms with Crippen molar-refractivity contribution in [2.75, 3.05) is 12.3 Å². The molecule has 2 unspecified atom stereocenters. The number of nitrogens with one attached hydrogen (secondary N) is 3. The van der Waals surface area contributed by atoms with Crippen LogP contribution in [-0.4, -0.2) is 39.7 Å². The fourth-order valence-corrected chi connectivity index (χ4v) is 4.50. The van der Waals surface area contributed by atoms with Crippen molar-refractivity contribution < 1.29 is 4.79 Å². The number of hydrogen-bond acceptors (Lipinski definition) is 4. The van der Waals surface area contributed by atoms with E-state index in [-0.39, 0.29) is 18.3 Å². The summed E-state index contributed by atoms with van der Waals surface area (Å²) in [5.41, 5.74) is 2.75. The summed E-state index contributed by atoms with van der Waals surface area (Å²) in [7, 11) is 0. The van der Waals surface area contributed by atoms with Gasteiger partial charge < -0.3 is 10.6 Å². The molecule has 0 bridgehead atoms. The van der Waals surface area contributed by atoms with Gasteiger partial charge >= 0.3 is 0 Å². The van der Waals surface area contributed by atoms with E-state index in [1.54, 1.807) is 0 Å². The molecule has 1 amide bonds. The number of amides is 1. The van der Waals surface area contributed by atoms with E-state index in [0.717, 1.165) is 49.4 Å². The largest absolute Gasteiger partial charge is 0.348 e. The number of H-pyrrole nitrogens is 1. The Morgan fingerprint density at radius 2 is 2.32 bits per heavy atom. The Hall–Kier alpha value is -0.720. The van der Waals surface area contributed by atoms with E-state index in [1.165, 1.54) is 12.8 Å². The van der Waals surface area contributed by atoms with Crippen LogP contribution in [0.1, 0.15) is 54.4 Å². The van der Waals surface area contributed by atoms with Gasteiger partial charge in [0.2, 0.25) is 0 Å². The molecule has 22 heavy (non-hydrogen) atoms. The molecule has 2 heterocycles. The minimum Gasteiger partial charge on any atom is -0.348 e. The molecule has 3 rings (SSSR count). The highest BCUT2D eigenvalue weighted by Crippen LogP contribution is 2.28. The van der Waals surface area contributed by atoms with Crippen LogP contribution in [0.15, 0.2) is 0 Å². The Kier molecular flexibility index (Phi) is 6.59. The maximum Gasteiger partial charge on any atom is 0.272 e. The van der Waals surface area contributed by atoms with E-state index in [2.05, 4.69) is 27.8 Å². The zero-order valence-electron chi connectivity index (χ0n) is 13.0. The molecular weight excluding hydrogens is 320 g/mol. The molecule has 1 aliphatic carbocycles. The maximum atomic E-state index is 12.5. The predicted octanol–water partition coefficient (Wildman–Crippen LogP) is 2.27. The molecule has 2 atom stereocenters. The van der Waals surface area contributed by atoms with E-state index in [4.69, 9.17) is 0 Å². The minimum absolute atomic E-state index is 0. The van der Waals surface area contributed by atoms with Crippen molar-refractivity contribution in [2.24, 2.45) is 0 Å². The first kappa shape index (κ1) is 17.6. The number of carbonyl (C=O) groups excluding carboxylic acids is 1. The SMILES string of the molecule is CCSC1CCCC(NC(=O)c2n[nH]c3c2CNCC3)C1.Cl. The standard InChI is InChI=1S/C15H24N4OS.ClH/c1-2-21-11-5-3-4-10(8-11)17-15(20)14-12-9-16-7-6-13(12)18-19-14;/h10-11,16H,2-9H2,1H3,(H,17,20)(H,18,19);1H. The molecule has 3 N–H and O–H groups in total. The fourth-order valence-electron chi connectivity index (χ4n) is 3.33. The van der Waals surface area contributed by atoms with Gasteiger partial charge in [0.1, 0.15) is 0 Å². The van der Waals surface area contributed by atoms with Gasteiger partial charge in [0.05, 0.1) is 0 Å². The van der Waals surface area contributed by atoms with Gasteiger partial charge in [-0.1, -0.05) is 13.3 Å². The highest BCUT2D eigenvalue weighted by molar-refractivity contribution is 7.99. The number of aromatic amines is 1. The fraction of sp³-hybridized carbons (Fsp3) is 0.733. The van der Waals surface area contributed by atoms with Crippen LogP contribution in [0.3, 0.4) is 0 Å². The quantitative estimate of drug-likeness (QED) is 0.783. The lowest BCUT2D eigenvalue weighted by Crippen LogP contribution is -2.40. The average molecular weight is 345 g/mol. The molecule has 1 aromatic heterocycles. The van der Waals surface area contributed by atoms with Crippen LogP contribution >= 0.6 is 24.2 Å². The molecule has 1 saturated carbocycles. The van der Waals surface area contributed by atoms with Gasteiger partial charge in [-0.05, 0) is 25.0 Å². The number of aromatic nitrogens is 2. The summed E-state index contributed by atoms with van der Waals surface area (Å²) in [4.78, 5) is 12.5. The van der Waals surface area contributed by atoms with Gasteiger partial charge in [-0.3, -0.25) is 9.89 Å². The topological polar surface area (TPSA) is 69.8 Å². The third-order valence-electron chi connectivity index (χ3n) is 4.39. The van der Waals surface area contributed by atoms with Crippen LogP contribution < -0.4 is 10.6 Å². The van der Waals surface area contributed by atoms with E-state index in [9.17, 15) is 4.79 Å². The summed E-state index contributed by atoms with van der Waals surface area (Å²) >= 11 is 2.02. The molecule has 124 valence electrons. The number of fused-ring (bicyclic) bond motifs is 1. The van der Waals surface area contributed by atoms with Crippen molar-refractivity contribution in [2.45, 2.75) is 56.9 Å². The molecule has 0 radical (unpaired) electrons. The normalized spacial score (nSPS) is 24.2. The molecule has 1 aliphatic heterocycles. The van der Waals surface area contributed by atoms with Gasteiger partial charge in [-0.25, -0.2) is 0 Å². The van der Waals surface area contributed by atoms with Gasteiger partial charge in [0.15, 0.2) is 5.69 Å². The number of nitrogens with zero attached hydrogens (tertiary/aromatic N) is 1. The first-order valence-corrected chi connectivity index (χ1v) is 9.02. The first-order chi connectivity index (χ1) is 10.3. The molecule has 0 spiro atoms. The van der Waals surface area contributed by atoms with Crippen LogP contribution in [0.4, 0.5) is 0 Å². The lowest BCUT2D eigenvalue weighted by atomic mass is 9.94. The summed E-state index contributed by atoms with van der Waals surface area (Å²) in [6.07, 6.45) is 5.61. The van der Waals surface area contributed by atoms with Crippen molar-refractivity contribution in [3.05, 3.63) is 17.0 Å². The highest BCUT2D eigenvalue weighted by Gasteiger charge is 2.26. The average Bonchev–Trinajstić information content (AvgIpc) is 2.92. The van der Waals surface area contributed by atoms with Crippen molar-refractivity contribution in [3.63, 3.8) is 0 Å². The van der Waals surface area contributed by atoms with Crippen LogP contribution in [0.25, 0.3) is 0 Å². The Balaban J connectivity index is 0.00000176. The summed E-state index contributed by atoms with van der Waals surface area (Å²) in [6, 6.07) is 0.305. The van der Waals surface area contributed by atoms with E-state index < -0.39 is 0 Å². The second-order valence-corrected chi connectivity index (χ2v) is 7.45. The minimum atomic E-state index is -0.0108. The second kappa shape index (κ2) is 8.22. The van der Waals surface area contributed by atoms with Crippen molar-refractivity contribution in [1.82, 2.24) is 20.8 Å². The Morgan fingerprint density at radius 1 is 1.45 bits per heavy atom. The lowest BCUT2D eigenvalue weighted by molar-refractivity contribution is 0.0922. The molecule has 2 aliphatic rings. The number of thioether (sulfide) groups is 1. The van der Waals surface area contributed by atoms with Gasteiger partial charge in [-0.2, -0.15) is 16.9 Å². The first-order valence-electron chi connectivity index (χ1n) is 7.97. The molecule has 0 aromatic carbocycles. The molecule has 0 saturated heterocycles. The van der Waals surface area contributed by atoms with Crippen LogP contribution in [0, 0.1) is 0 Å². The number of carbonyl (C=O) groups is 1. The van der Waals surface area contributed by atoms with E-state index in [0.29, 0.717) is 17.0 Å². The molecule has 5 nitrogen and oxygen atoms in total. The third-order valence-corrected chi connectivity index (χ3v) is 5.62. The van der Waals surface area contributed by atoms with Crippen LogP contribution in [0.2, 0.25) is 0 Å². The zero-order chi connectivity index (χ0) is 14.7. The lowest BCUT2D eigenvalue weighted by Gasteiger charge is -2.29. The molecule has 7 heteroatoms. The maximum absolute atomic E-state index is 12.5. The van der Waals surface area contributed by atoms with E-state index in [1.807, 2.05) is 11.8 Å². The molecule has 1 fully saturated rings. The number of hydrogen-bond donors (Lipinski definition) is 3. The smallest absolute Gasteiger partial charge is 0.272 e.